The summed E-state index contributed by atoms with van der Waals surface area (Å²) in [6.45, 7) is 1.99. The normalized spacial score (nSPS) is 17.6. The number of carbonyl (C=O) groups is 2. The third-order valence-corrected chi connectivity index (χ3v) is 3.16. The predicted octanol–water partition coefficient (Wildman–Crippen LogP) is 0.441. The highest BCUT2D eigenvalue weighted by Crippen LogP contribution is 2.19. The van der Waals surface area contributed by atoms with Gasteiger partial charge in [0.2, 0.25) is 0 Å². The molecule has 2 heterocycles. The molecule has 0 aliphatic carbocycles. The van der Waals surface area contributed by atoms with Crippen molar-refractivity contribution in [2.45, 2.75) is 13.0 Å². The number of fused-ring (bicyclic) bond motifs is 1. The van der Waals surface area contributed by atoms with Gasteiger partial charge < -0.3 is 5.32 Å². The molecule has 1 saturated heterocycles. The lowest BCUT2D eigenvalue weighted by molar-refractivity contribution is -0.119. The first-order valence-electron chi connectivity index (χ1n) is 6.10. The van der Waals surface area contributed by atoms with Gasteiger partial charge in [0.25, 0.3) is 5.91 Å². The third-order valence-electron chi connectivity index (χ3n) is 3.16. The van der Waals surface area contributed by atoms with Gasteiger partial charge in [-0.25, -0.2) is 4.79 Å². The Morgan fingerprint density at radius 2 is 2.15 bits per heavy atom. The summed E-state index contributed by atoms with van der Waals surface area (Å²) in [6.07, 6.45) is 1.78. The van der Waals surface area contributed by atoms with Crippen LogP contribution in [0.25, 0.3) is 10.9 Å². The van der Waals surface area contributed by atoms with Crippen molar-refractivity contribution >= 4 is 22.8 Å². The largest absolute Gasteiger partial charge is 0.322 e. The maximum absolute atomic E-state index is 11.4. The summed E-state index contributed by atoms with van der Waals surface area (Å²) in [5.41, 5.74) is 2.91. The van der Waals surface area contributed by atoms with Gasteiger partial charge in [-0.15, -0.1) is 0 Å². The lowest BCUT2D eigenvalue weighted by atomic mass is 10.1. The second-order valence-electron chi connectivity index (χ2n) is 4.66. The predicted molar refractivity (Wildman–Crippen MR) is 72.8 cm³/mol. The van der Waals surface area contributed by atoms with Crippen LogP contribution in [0.4, 0.5) is 4.79 Å². The van der Waals surface area contributed by atoms with Crippen molar-refractivity contribution in [2.75, 3.05) is 0 Å². The number of benzene rings is 1. The van der Waals surface area contributed by atoms with Crippen LogP contribution in [0.5, 0.6) is 0 Å². The van der Waals surface area contributed by atoms with Crippen molar-refractivity contribution < 1.29 is 9.59 Å². The highest BCUT2D eigenvalue weighted by atomic mass is 16.2. The zero-order valence-corrected chi connectivity index (χ0v) is 11.0. The van der Waals surface area contributed by atoms with Crippen molar-refractivity contribution in [1.29, 1.82) is 0 Å². The lowest BCUT2D eigenvalue weighted by Crippen LogP contribution is -2.26. The third kappa shape index (κ3) is 1.99. The van der Waals surface area contributed by atoms with Gasteiger partial charge in [0.05, 0.1) is 11.7 Å². The summed E-state index contributed by atoms with van der Waals surface area (Å²) >= 11 is 0. The van der Waals surface area contributed by atoms with Crippen molar-refractivity contribution in [1.82, 2.24) is 20.4 Å². The molecule has 2 N–H and O–H groups in total. The minimum atomic E-state index is -0.785. The maximum Gasteiger partial charge on any atom is 0.322 e. The van der Waals surface area contributed by atoms with E-state index in [0.717, 1.165) is 22.0 Å². The molecule has 0 unspecified atom stereocenters. The van der Waals surface area contributed by atoms with Crippen molar-refractivity contribution in [2.24, 2.45) is 7.05 Å². The van der Waals surface area contributed by atoms with Gasteiger partial charge in [0, 0.05) is 18.0 Å². The fraction of sp³-hybridized carbons (Fsp3) is 0.214. The summed E-state index contributed by atoms with van der Waals surface area (Å²) in [5, 5.41) is 9.78. The van der Waals surface area contributed by atoms with E-state index >= 15 is 0 Å². The lowest BCUT2D eigenvalue weighted by Gasteiger charge is -2.01. The summed E-state index contributed by atoms with van der Waals surface area (Å²) in [4.78, 5) is 22.4. The number of nitrogens with zero attached hydrogens (tertiary/aromatic N) is 2. The van der Waals surface area contributed by atoms with Gasteiger partial charge in [-0.2, -0.15) is 5.10 Å². The van der Waals surface area contributed by atoms with E-state index in [1.165, 1.54) is 0 Å². The number of aromatic nitrogens is 2. The summed E-state index contributed by atoms with van der Waals surface area (Å²) in [7, 11) is 1.89. The van der Waals surface area contributed by atoms with Crippen LogP contribution in [0.3, 0.4) is 0 Å². The molecule has 0 radical (unpaired) electrons. The van der Waals surface area contributed by atoms with Crippen LogP contribution < -0.4 is 10.6 Å². The first-order chi connectivity index (χ1) is 9.54. The van der Waals surface area contributed by atoms with Crippen LogP contribution >= 0.6 is 0 Å². The van der Waals surface area contributed by atoms with Gasteiger partial charge >= 0.3 is 6.03 Å². The molecule has 1 atom stereocenters. The fourth-order valence-corrected chi connectivity index (χ4v) is 2.30. The molecule has 0 saturated carbocycles. The molecule has 6 heteroatoms. The second-order valence-corrected chi connectivity index (χ2v) is 4.66. The minimum absolute atomic E-state index is 0.415. The average Bonchev–Trinajstić information content (AvgIpc) is 2.90. The number of nitrogens with one attached hydrogen (secondary N) is 2. The van der Waals surface area contributed by atoms with Gasteiger partial charge in [0.1, 0.15) is 0 Å². The van der Waals surface area contributed by atoms with E-state index in [4.69, 9.17) is 0 Å². The molecule has 3 amide bonds. The summed E-state index contributed by atoms with van der Waals surface area (Å²) in [6, 6.07) is 2.56. The molecule has 20 heavy (non-hydrogen) atoms. The van der Waals surface area contributed by atoms with Crippen LogP contribution in [-0.4, -0.2) is 27.8 Å². The highest BCUT2D eigenvalue weighted by Gasteiger charge is 2.27. The Labute approximate surface area is 115 Å². The molecule has 2 aromatic rings. The van der Waals surface area contributed by atoms with E-state index in [-0.39, 0.29) is 0 Å². The molecule has 6 nitrogen and oxygen atoms in total. The number of amides is 3. The smallest absolute Gasteiger partial charge is 0.316 e. The fourth-order valence-electron chi connectivity index (χ4n) is 2.30. The number of hydrogen-bond donors (Lipinski definition) is 2. The van der Waals surface area contributed by atoms with Crippen molar-refractivity contribution in [3.63, 3.8) is 0 Å². The standard InChI is InChI=1S/C14H12N4O2/c1-8-5-9(6-10-7-15-18(2)12(8)10)3-4-11-13(19)17-14(20)16-11/h5-7,11H,1-2H3,(H2,16,17,19,20)/t11-/m0/s1. The molecule has 0 bridgehead atoms. The van der Waals surface area contributed by atoms with Gasteiger partial charge in [-0.3, -0.25) is 14.8 Å². The van der Waals surface area contributed by atoms with E-state index in [1.807, 2.05) is 30.8 Å². The van der Waals surface area contributed by atoms with Crippen LogP contribution in [0, 0.1) is 18.8 Å². The zero-order valence-electron chi connectivity index (χ0n) is 11.0. The minimum Gasteiger partial charge on any atom is -0.316 e. The van der Waals surface area contributed by atoms with E-state index in [1.54, 1.807) is 6.20 Å². The molecule has 1 aromatic carbocycles. The molecule has 100 valence electrons. The van der Waals surface area contributed by atoms with Crippen LogP contribution in [0.1, 0.15) is 11.1 Å². The maximum atomic E-state index is 11.4. The second kappa shape index (κ2) is 4.38. The van der Waals surface area contributed by atoms with Crippen molar-refractivity contribution in [3.05, 3.63) is 29.5 Å². The Bertz CT molecular complexity index is 795. The zero-order chi connectivity index (χ0) is 14.3. The van der Waals surface area contributed by atoms with E-state index in [9.17, 15) is 9.59 Å². The quantitative estimate of drug-likeness (QED) is 0.538. The first kappa shape index (κ1) is 12.2. The topological polar surface area (TPSA) is 76.0 Å². The number of rotatable bonds is 0. The Balaban J connectivity index is 1.96. The SMILES string of the molecule is Cc1cc(C#C[C@@H]2NC(=O)NC2=O)cc2cnn(C)c12. The number of carbonyl (C=O) groups excluding carboxylic acids is 2. The van der Waals surface area contributed by atoms with Crippen LogP contribution in [0.15, 0.2) is 18.3 Å². The molecule has 3 rings (SSSR count). The number of aryl methyl sites for hydroxylation is 2. The molecule has 0 spiro atoms. The molecule has 1 aliphatic heterocycles. The Morgan fingerprint density at radius 3 is 2.85 bits per heavy atom. The molecular weight excluding hydrogens is 256 g/mol. The van der Waals surface area contributed by atoms with E-state index in [0.29, 0.717) is 0 Å². The highest BCUT2D eigenvalue weighted by molar-refractivity contribution is 6.05. The Morgan fingerprint density at radius 1 is 1.35 bits per heavy atom. The number of imide groups is 1. The van der Waals surface area contributed by atoms with Crippen LogP contribution in [0.2, 0.25) is 0 Å². The van der Waals surface area contributed by atoms with Crippen LogP contribution in [-0.2, 0) is 11.8 Å². The number of urea groups is 1. The Kier molecular flexibility index (Phi) is 2.68. The number of hydrogen-bond acceptors (Lipinski definition) is 3. The van der Waals surface area contributed by atoms with Gasteiger partial charge in [0.15, 0.2) is 6.04 Å². The van der Waals surface area contributed by atoms with E-state index in [2.05, 4.69) is 27.6 Å². The Hall–Kier alpha value is -2.81. The first-order valence-corrected chi connectivity index (χ1v) is 6.10. The molecular formula is C14H12N4O2. The monoisotopic (exact) mass is 268 g/mol. The van der Waals surface area contributed by atoms with Gasteiger partial charge in [-0.1, -0.05) is 11.8 Å². The summed E-state index contributed by atoms with van der Waals surface area (Å²) < 4.78 is 1.81. The molecule has 1 aromatic heterocycles. The average molecular weight is 268 g/mol. The molecule has 1 fully saturated rings. The summed E-state index contributed by atoms with van der Waals surface area (Å²) in [5.74, 6) is 5.26. The van der Waals surface area contributed by atoms with E-state index < -0.39 is 18.0 Å². The molecule has 1 aliphatic rings. The van der Waals surface area contributed by atoms with Gasteiger partial charge in [-0.05, 0) is 24.6 Å². The van der Waals surface area contributed by atoms with Crippen molar-refractivity contribution in [3.8, 4) is 11.8 Å².